The molecule has 0 radical (unpaired) electrons. The Hall–Kier alpha value is -0.660. The molecular formula is C13H23NO5S. The molecule has 2 aliphatic rings. The molecule has 0 aromatic carbocycles. The average Bonchev–Trinajstić information content (AvgIpc) is 3.24. The van der Waals surface area contributed by atoms with Gasteiger partial charge in [-0.1, -0.05) is 0 Å². The van der Waals surface area contributed by atoms with E-state index in [1.807, 2.05) is 0 Å². The van der Waals surface area contributed by atoms with Gasteiger partial charge in [-0.25, -0.2) is 12.7 Å². The van der Waals surface area contributed by atoms with Crippen molar-refractivity contribution in [2.24, 2.45) is 5.41 Å². The highest BCUT2D eigenvalue weighted by Gasteiger charge is 2.48. The summed E-state index contributed by atoms with van der Waals surface area (Å²) < 4.78 is 31.0. The van der Waals surface area contributed by atoms with E-state index in [1.165, 1.54) is 4.31 Å². The third-order valence-corrected chi connectivity index (χ3v) is 6.65. The van der Waals surface area contributed by atoms with Crippen LogP contribution in [0, 0.1) is 5.41 Å². The maximum atomic E-state index is 12.3. The Morgan fingerprint density at radius 3 is 2.70 bits per heavy atom. The minimum Gasteiger partial charge on any atom is -0.481 e. The molecule has 20 heavy (non-hydrogen) atoms. The number of methoxy groups -OCH3 is 1. The Balaban J connectivity index is 2.10. The Labute approximate surface area is 120 Å². The zero-order chi connectivity index (χ0) is 14.8. The van der Waals surface area contributed by atoms with Crippen molar-refractivity contribution in [2.45, 2.75) is 43.8 Å². The number of hydrogen-bond donors (Lipinski definition) is 1. The fourth-order valence-electron chi connectivity index (χ4n) is 2.92. The summed E-state index contributed by atoms with van der Waals surface area (Å²) in [6.45, 7) is 1.08. The number of aliphatic carboxylic acids is 1. The van der Waals surface area contributed by atoms with Crippen molar-refractivity contribution in [2.75, 3.05) is 26.8 Å². The van der Waals surface area contributed by atoms with Gasteiger partial charge in [0.25, 0.3) is 0 Å². The smallest absolute Gasteiger partial charge is 0.310 e. The van der Waals surface area contributed by atoms with Gasteiger partial charge in [0.1, 0.15) is 0 Å². The van der Waals surface area contributed by atoms with Gasteiger partial charge in [0.2, 0.25) is 10.0 Å². The normalized spacial score (nSPS) is 28.4. The molecule has 1 saturated carbocycles. The molecule has 116 valence electrons. The van der Waals surface area contributed by atoms with E-state index < -0.39 is 21.4 Å². The van der Waals surface area contributed by atoms with E-state index in [1.54, 1.807) is 7.11 Å². The second-order valence-electron chi connectivity index (χ2n) is 5.86. The first-order chi connectivity index (χ1) is 9.42. The van der Waals surface area contributed by atoms with Crippen LogP contribution in [0.15, 0.2) is 0 Å². The van der Waals surface area contributed by atoms with Gasteiger partial charge >= 0.3 is 5.97 Å². The molecule has 0 bridgehead atoms. The molecule has 1 heterocycles. The lowest BCUT2D eigenvalue weighted by Crippen LogP contribution is -2.50. The second-order valence-corrected chi connectivity index (χ2v) is 8.08. The van der Waals surface area contributed by atoms with Crippen molar-refractivity contribution in [1.82, 2.24) is 4.31 Å². The van der Waals surface area contributed by atoms with Crippen LogP contribution in [-0.2, 0) is 19.6 Å². The van der Waals surface area contributed by atoms with E-state index in [9.17, 15) is 18.3 Å². The Morgan fingerprint density at radius 1 is 1.45 bits per heavy atom. The maximum Gasteiger partial charge on any atom is 0.310 e. The molecular weight excluding hydrogens is 282 g/mol. The van der Waals surface area contributed by atoms with Crippen LogP contribution in [0.3, 0.4) is 0 Å². The highest BCUT2D eigenvalue weighted by Crippen LogP contribution is 2.39. The summed E-state index contributed by atoms with van der Waals surface area (Å²) in [6.07, 6.45) is 3.69. The number of ether oxygens (including phenoxy) is 1. The van der Waals surface area contributed by atoms with Gasteiger partial charge in [0.15, 0.2) is 0 Å². The summed E-state index contributed by atoms with van der Waals surface area (Å²) in [6, 6.07) is 0. The van der Waals surface area contributed by atoms with Crippen LogP contribution in [0.5, 0.6) is 0 Å². The van der Waals surface area contributed by atoms with E-state index >= 15 is 0 Å². The van der Waals surface area contributed by atoms with E-state index in [0.717, 1.165) is 0 Å². The van der Waals surface area contributed by atoms with Crippen molar-refractivity contribution in [3.63, 3.8) is 0 Å². The fourth-order valence-corrected chi connectivity index (χ4v) is 4.89. The minimum atomic E-state index is -3.29. The number of piperidine rings is 1. The predicted molar refractivity (Wildman–Crippen MR) is 73.9 cm³/mol. The fraction of sp³-hybridized carbons (Fsp3) is 0.923. The van der Waals surface area contributed by atoms with Gasteiger partial charge in [-0.3, -0.25) is 4.79 Å². The van der Waals surface area contributed by atoms with Crippen LogP contribution < -0.4 is 0 Å². The molecule has 1 saturated heterocycles. The van der Waals surface area contributed by atoms with Gasteiger partial charge in [-0.05, 0) is 38.5 Å². The standard InChI is InChI=1S/C13H23NO5S/c1-19-9-3-7-13(12(15)16)6-2-8-14(10-13)20(17,18)11-4-5-11/h11H,2-10H2,1H3,(H,15,16). The molecule has 1 N–H and O–H groups in total. The first-order valence-electron chi connectivity index (χ1n) is 7.14. The largest absolute Gasteiger partial charge is 0.481 e. The molecule has 6 nitrogen and oxygen atoms in total. The zero-order valence-electron chi connectivity index (χ0n) is 11.9. The molecule has 2 fully saturated rings. The summed E-state index contributed by atoms with van der Waals surface area (Å²) in [5.74, 6) is -0.885. The molecule has 1 aliphatic heterocycles. The predicted octanol–water partition coefficient (Wildman–Crippen LogP) is 1.07. The first kappa shape index (κ1) is 15.7. The van der Waals surface area contributed by atoms with Crippen LogP contribution in [0.25, 0.3) is 0 Å². The zero-order valence-corrected chi connectivity index (χ0v) is 12.7. The molecule has 1 aliphatic carbocycles. The molecule has 2 rings (SSSR count). The number of carboxylic acid groups (broad SMARTS) is 1. The number of nitrogens with zero attached hydrogens (tertiary/aromatic N) is 1. The third-order valence-electron chi connectivity index (χ3n) is 4.30. The van der Waals surface area contributed by atoms with E-state index in [2.05, 4.69) is 0 Å². The highest BCUT2D eigenvalue weighted by molar-refractivity contribution is 7.90. The van der Waals surface area contributed by atoms with Crippen LogP contribution >= 0.6 is 0 Å². The maximum absolute atomic E-state index is 12.3. The van der Waals surface area contributed by atoms with Crippen molar-refractivity contribution < 1.29 is 23.1 Å². The SMILES string of the molecule is COCCCC1(C(=O)O)CCCN(S(=O)(=O)C2CC2)C1. The topological polar surface area (TPSA) is 83.9 Å². The lowest BCUT2D eigenvalue weighted by molar-refractivity contribution is -0.152. The number of carbonyl (C=O) groups is 1. The van der Waals surface area contributed by atoms with Crippen molar-refractivity contribution in [3.8, 4) is 0 Å². The molecule has 0 spiro atoms. The van der Waals surface area contributed by atoms with Crippen molar-refractivity contribution >= 4 is 16.0 Å². The molecule has 0 aromatic heterocycles. The summed E-state index contributed by atoms with van der Waals surface area (Å²) in [7, 11) is -1.70. The number of sulfonamides is 1. The summed E-state index contributed by atoms with van der Waals surface area (Å²) in [5, 5.41) is 9.29. The van der Waals surface area contributed by atoms with Crippen molar-refractivity contribution in [1.29, 1.82) is 0 Å². The van der Waals surface area contributed by atoms with Gasteiger partial charge < -0.3 is 9.84 Å². The van der Waals surface area contributed by atoms with Gasteiger partial charge in [-0.15, -0.1) is 0 Å². The average molecular weight is 305 g/mol. The third kappa shape index (κ3) is 3.15. The van der Waals surface area contributed by atoms with E-state index in [0.29, 0.717) is 51.7 Å². The van der Waals surface area contributed by atoms with Crippen LogP contribution in [0.1, 0.15) is 38.5 Å². The quantitative estimate of drug-likeness (QED) is 0.711. The number of hydrogen-bond acceptors (Lipinski definition) is 4. The molecule has 7 heteroatoms. The lowest BCUT2D eigenvalue weighted by atomic mass is 9.77. The summed E-state index contributed by atoms with van der Waals surface area (Å²) in [5.41, 5.74) is -0.946. The summed E-state index contributed by atoms with van der Waals surface area (Å²) >= 11 is 0. The van der Waals surface area contributed by atoms with Crippen LogP contribution in [-0.4, -0.2) is 55.9 Å². The Bertz CT molecular complexity index is 459. The number of rotatable bonds is 7. The Morgan fingerprint density at radius 2 is 2.15 bits per heavy atom. The molecule has 0 aromatic rings. The monoisotopic (exact) mass is 305 g/mol. The molecule has 1 atom stereocenters. The van der Waals surface area contributed by atoms with E-state index in [-0.39, 0.29) is 11.8 Å². The minimum absolute atomic E-state index is 0.116. The highest BCUT2D eigenvalue weighted by atomic mass is 32.2. The second kappa shape index (κ2) is 5.99. The number of carboxylic acids is 1. The molecule has 0 amide bonds. The van der Waals surface area contributed by atoms with E-state index in [4.69, 9.17) is 4.74 Å². The van der Waals surface area contributed by atoms with Crippen LogP contribution in [0.2, 0.25) is 0 Å². The Kier molecular flexibility index (Phi) is 4.71. The van der Waals surface area contributed by atoms with Gasteiger partial charge in [-0.2, -0.15) is 0 Å². The van der Waals surface area contributed by atoms with Gasteiger partial charge in [0, 0.05) is 26.8 Å². The van der Waals surface area contributed by atoms with Crippen molar-refractivity contribution in [3.05, 3.63) is 0 Å². The summed E-state index contributed by atoms with van der Waals surface area (Å²) in [4.78, 5) is 11.7. The lowest BCUT2D eigenvalue weighted by Gasteiger charge is -2.39. The van der Waals surface area contributed by atoms with Crippen LogP contribution in [0.4, 0.5) is 0 Å². The molecule has 1 unspecified atom stereocenters. The first-order valence-corrected chi connectivity index (χ1v) is 8.64. The van der Waals surface area contributed by atoms with Gasteiger partial charge in [0.05, 0.1) is 10.7 Å².